The topological polar surface area (TPSA) is 69.6 Å². The molecule has 2 aromatic heterocycles. The van der Waals surface area contributed by atoms with Gasteiger partial charge < -0.3 is 5.73 Å². The Morgan fingerprint density at radius 2 is 1.78 bits per heavy atom. The minimum absolute atomic E-state index is 0.604. The summed E-state index contributed by atoms with van der Waals surface area (Å²) in [6.45, 7) is 0. The van der Waals surface area contributed by atoms with Crippen LogP contribution in [0.15, 0.2) is 55.0 Å². The van der Waals surface area contributed by atoms with E-state index in [2.05, 4.69) is 15.1 Å². The van der Waals surface area contributed by atoms with Crippen molar-refractivity contribution in [3.63, 3.8) is 0 Å². The molecule has 18 heavy (non-hydrogen) atoms. The van der Waals surface area contributed by atoms with Gasteiger partial charge in [-0.25, -0.2) is 9.67 Å². The quantitative estimate of drug-likeness (QED) is 0.691. The largest absolute Gasteiger partial charge is 0.399 e. The molecule has 3 aromatic rings. The van der Waals surface area contributed by atoms with Crippen molar-refractivity contribution in [2.24, 2.45) is 0 Å². The van der Waals surface area contributed by atoms with Crippen LogP contribution in [-0.2, 0) is 0 Å². The minimum atomic E-state index is 0.604. The number of benzene rings is 1. The number of rotatable bonds is 2. The van der Waals surface area contributed by atoms with E-state index in [1.165, 1.54) is 0 Å². The first-order valence-electron chi connectivity index (χ1n) is 5.52. The standard InChI is InChI=1S/C13H11N5/c14-10-4-6-11(7-5-10)18-9-16-13(17-18)12-3-1-2-8-15-12/h1-9H,14H2. The number of hydrogen-bond donors (Lipinski definition) is 1. The van der Waals surface area contributed by atoms with Crippen molar-refractivity contribution in [3.05, 3.63) is 55.0 Å². The Hall–Kier alpha value is -2.69. The second kappa shape index (κ2) is 4.29. The molecule has 0 atom stereocenters. The summed E-state index contributed by atoms with van der Waals surface area (Å²) in [5.74, 6) is 0.604. The summed E-state index contributed by atoms with van der Waals surface area (Å²) in [7, 11) is 0. The number of anilines is 1. The second-order valence-electron chi connectivity index (χ2n) is 3.82. The van der Waals surface area contributed by atoms with E-state index in [1.807, 2.05) is 42.5 Å². The molecule has 0 saturated heterocycles. The van der Waals surface area contributed by atoms with Gasteiger partial charge in [0.15, 0.2) is 5.82 Å². The molecule has 0 bridgehead atoms. The van der Waals surface area contributed by atoms with Crippen LogP contribution in [0.4, 0.5) is 5.69 Å². The first kappa shape index (κ1) is 10.5. The maximum atomic E-state index is 5.65. The Morgan fingerprint density at radius 3 is 2.50 bits per heavy atom. The molecule has 3 rings (SSSR count). The van der Waals surface area contributed by atoms with E-state index in [0.29, 0.717) is 5.82 Å². The Bertz CT molecular complexity index is 643. The van der Waals surface area contributed by atoms with Crippen molar-refractivity contribution >= 4 is 5.69 Å². The fraction of sp³-hybridized carbons (Fsp3) is 0. The molecule has 5 nitrogen and oxygen atoms in total. The van der Waals surface area contributed by atoms with E-state index in [-0.39, 0.29) is 0 Å². The average Bonchev–Trinajstić information content (AvgIpc) is 2.90. The molecule has 0 spiro atoms. The molecule has 0 fully saturated rings. The molecule has 1 aromatic carbocycles. The molecule has 0 saturated carbocycles. The molecule has 0 aliphatic rings. The van der Waals surface area contributed by atoms with Crippen LogP contribution >= 0.6 is 0 Å². The minimum Gasteiger partial charge on any atom is -0.399 e. The lowest BCUT2D eigenvalue weighted by atomic mass is 10.3. The fourth-order valence-electron chi connectivity index (χ4n) is 1.63. The summed E-state index contributed by atoms with van der Waals surface area (Å²) in [5.41, 5.74) is 8.04. The number of nitrogens with two attached hydrogens (primary N) is 1. The molecular formula is C13H11N5. The fourth-order valence-corrected chi connectivity index (χ4v) is 1.63. The van der Waals surface area contributed by atoms with Gasteiger partial charge >= 0.3 is 0 Å². The van der Waals surface area contributed by atoms with Crippen molar-refractivity contribution < 1.29 is 0 Å². The maximum absolute atomic E-state index is 5.65. The van der Waals surface area contributed by atoms with E-state index in [1.54, 1.807) is 17.2 Å². The summed E-state index contributed by atoms with van der Waals surface area (Å²) in [4.78, 5) is 8.46. The van der Waals surface area contributed by atoms with Crippen LogP contribution in [0.1, 0.15) is 0 Å². The third-order valence-corrected chi connectivity index (χ3v) is 2.54. The second-order valence-corrected chi connectivity index (χ2v) is 3.82. The lowest BCUT2D eigenvalue weighted by molar-refractivity contribution is 0.881. The van der Waals surface area contributed by atoms with Crippen LogP contribution in [0, 0.1) is 0 Å². The Labute approximate surface area is 104 Å². The number of nitrogens with zero attached hydrogens (tertiary/aromatic N) is 4. The van der Waals surface area contributed by atoms with E-state index < -0.39 is 0 Å². The average molecular weight is 237 g/mol. The monoisotopic (exact) mass is 237 g/mol. The molecule has 0 radical (unpaired) electrons. The molecule has 5 heteroatoms. The maximum Gasteiger partial charge on any atom is 0.200 e. The van der Waals surface area contributed by atoms with Gasteiger partial charge in [-0.1, -0.05) is 6.07 Å². The molecule has 0 aliphatic carbocycles. The van der Waals surface area contributed by atoms with Crippen molar-refractivity contribution in [3.8, 4) is 17.2 Å². The normalized spacial score (nSPS) is 10.4. The van der Waals surface area contributed by atoms with Crippen LogP contribution < -0.4 is 5.73 Å². The summed E-state index contributed by atoms with van der Waals surface area (Å²) in [6.07, 6.45) is 3.38. The zero-order chi connectivity index (χ0) is 12.4. The first-order valence-corrected chi connectivity index (χ1v) is 5.52. The van der Waals surface area contributed by atoms with Gasteiger partial charge in [-0.15, -0.1) is 5.10 Å². The van der Waals surface area contributed by atoms with Crippen molar-refractivity contribution in [2.75, 3.05) is 5.73 Å². The van der Waals surface area contributed by atoms with Crippen LogP contribution in [0.5, 0.6) is 0 Å². The highest BCUT2D eigenvalue weighted by Gasteiger charge is 2.05. The number of hydrogen-bond acceptors (Lipinski definition) is 4. The predicted octanol–water partition coefficient (Wildman–Crippen LogP) is 1.91. The van der Waals surface area contributed by atoms with Crippen molar-refractivity contribution in [1.82, 2.24) is 19.7 Å². The molecule has 0 unspecified atom stereocenters. The van der Waals surface area contributed by atoms with Gasteiger partial charge in [0.1, 0.15) is 12.0 Å². The van der Waals surface area contributed by atoms with Gasteiger partial charge in [0.25, 0.3) is 0 Å². The Kier molecular flexibility index (Phi) is 2.49. The van der Waals surface area contributed by atoms with Crippen molar-refractivity contribution in [2.45, 2.75) is 0 Å². The highest BCUT2D eigenvalue weighted by atomic mass is 15.3. The van der Waals surface area contributed by atoms with Crippen LogP contribution in [0.25, 0.3) is 17.2 Å². The predicted molar refractivity (Wildman–Crippen MR) is 69.0 cm³/mol. The zero-order valence-corrected chi connectivity index (χ0v) is 9.56. The smallest absolute Gasteiger partial charge is 0.200 e. The summed E-state index contributed by atoms with van der Waals surface area (Å²) in [5, 5.41) is 4.38. The number of nitrogen functional groups attached to an aromatic ring is 1. The number of pyridine rings is 1. The Morgan fingerprint density at radius 1 is 0.944 bits per heavy atom. The van der Waals surface area contributed by atoms with Gasteiger partial charge in [-0.05, 0) is 36.4 Å². The van der Waals surface area contributed by atoms with Gasteiger partial charge in [-0.3, -0.25) is 4.98 Å². The van der Waals surface area contributed by atoms with Crippen LogP contribution in [0.3, 0.4) is 0 Å². The van der Waals surface area contributed by atoms with Gasteiger partial charge in [0.05, 0.1) is 5.69 Å². The lowest BCUT2D eigenvalue weighted by Gasteiger charge is -2.00. The van der Waals surface area contributed by atoms with Gasteiger partial charge in [0, 0.05) is 11.9 Å². The summed E-state index contributed by atoms with van der Waals surface area (Å²) in [6, 6.07) is 13.1. The third-order valence-electron chi connectivity index (χ3n) is 2.54. The highest BCUT2D eigenvalue weighted by molar-refractivity contribution is 5.49. The van der Waals surface area contributed by atoms with Crippen LogP contribution in [-0.4, -0.2) is 19.7 Å². The third kappa shape index (κ3) is 1.93. The molecule has 88 valence electrons. The van der Waals surface area contributed by atoms with E-state index >= 15 is 0 Å². The van der Waals surface area contributed by atoms with E-state index in [0.717, 1.165) is 17.1 Å². The summed E-state index contributed by atoms with van der Waals surface area (Å²) >= 11 is 0. The molecule has 0 amide bonds. The molecule has 2 heterocycles. The molecule has 0 aliphatic heterocycles. The Balaban J connectivity index is 1.97. The summed E-state index contributed by atoms with van der Waals surface area (Å²) < 4.78 is 1.70. The zero-order valence-electron chi connectivity index (χ0n) is 9.56. The van der Waals surface area contributed by atoms with E-state index in [9.17, 15) is 0 Å². The molecule has 2 N–H and O–H groups in total. The molecular weight excluding hydrogens is 226 g/mol. The van der Waals surface area contributed by atoms with Crippen molar-refractivity contribution in [1.29, 1.82) is 0 Å². The van der Waals surface area contributed by atoms with Gasteiger partial charge in [-0.2, -0.15) is 0 Å². The highest BCUT2D eigenvalue weighted by Crippen LogP contribution is 2.13. The lowest BCUT2D eigenvalue weighted by Crippen LogP contribution is -1.95. The number of aromatic nitrogens is 4. The van der Waals surface area contributed by atoms with Gasteiger partial charge in [0.2, 0.25) is 0 Å². The first-order chi connectivity index (χ1) is 8.83. The SMILES string of the molecule is Nc1ccc(-n2cnc(-c3ccccn3)n2)cc1. The van der Waals surface area contributed by atoms with E-state index in [4.69, 9.17) is 5.73 Å². The van der Waals surface area contributed by atoms with Crippen LogP contribution in [0.2, 0.25) is 0 Å².